The molecule has 13 rings (SSSR count). The van der Waals surface area contributed by atoms with Gasteiger partial charge in [0.25, 0.3) is 0 Å². The molecule has 12 aromatic rings. The molecule has 0 fully saturated rings. The third-order valence-corrected chi connectivity index (χ3v) is 15.3. The van der Waals surface area contributed by atoms with E-state index < -0.39 is 5.41 Å². The second-order valence-electron chi connectivity index (χ2n) is 20.3. The number of anilines is 6. The van der Waals surface area contributed by atoms with Crippen molar-refractivity contribution in [3.05, 3.63) is 302 Å². The Bertz CT molecular complexity index is 4110. The first-order chi connectivity index (χ1) is 37.8. The zero-order valence-corrected chi connectivity index (χ0v) is 42.7. The molecule has 0 saturated carbocycles. The summed E-state index contributed by atoms with van der Waals surface area (Å²) in [7, 11) is 0. The number of halogens is 2. The highest BCUT2D eigenvalue weighted by Gasteiger charge is 2.38. The van der Waals surface area contributed by atoms with Gasteiger partial charge in [0.15, 0.2) is 0 Å². The Kier molecular flexibility index (Phi) is 12.0. The molecule has 0 aliphatic heterocycles. The van der Waals surface area contributed by atoms with Crippen LogP contribution in [0.1, 0.15) is 25.0 Å². The van der Waals surface area contributed by atoms with Crippen molar-refractivity contribution >= 4 is 44.9 Å². The third kappa shape index (κ3) is 8.45. The van der Waals surface area contributed by atoms with Gasteiger partial charge < -0.3 is 9.80 Å². The Morgan fingerprint density at radius 1 is 0.273 bits per heavy atom. The van der Waals surface area contributed by atoms with E-state index in [1.54, 1.807) is 12.1 Å². The Morgan fingerprint density at radius 3 is 1.13 bits per heavy atom. The summed E-state index contributed by atoms with van der Waals surface area (Å²) in [6.07, 6.45) is 0. The highest BCUT2D eigenvalue weighted by atomic mass is 19.1. The molecule has 0 spiro atoms. The third-order valence-electron chi connectivity index (χ3n) is 15.3. The maximum atomic E-state index is 17.5. The van der Waals surface area contributed by atoms with Gasteiger partial charge in [-0.25, -0.2) is 8.78 Å². The number of hydrogen-bond acceptors (Lipinski definition) is 2. The summed E-state index contributed by atoms with van der Waals surface area (Å²) >= 11 is 0. The fraction of sp³-hybridized carbons (Fsp3) is 0.0411. The van der Waals surface area contributed by atoms with E-state index in [0.29, 0.717) is 11.4 Å². The van der Waals surface area contributed by atoms with E-state index in [1.165, 1.54) is 16.7 Å². The van der Waals surface area contributed by atoms with Crippen LogP contribution in [0.5, 0.6) is 0 Å². The summed E-state index contributed by atoms with van der Waals surface area (Å²) in [5.41, 5.74) is 17.8. The second-order valence-corrected chi connectivity index (χ2v) is 20.3. The molecule has 0 aromatic heterocycles. The highest BCUT2D eigenvalue weighted by molar-refractivity contribution is 6.09. The van der Waals surface area contributed by atoms with Crippen molar-refractivity contribution in [1.82, 2.24) is 0 Å². The molecule has 1 aliphatic carbocycles. The minimum atomic E-state index is -0.443. The predicted molar refractivity (Wildman–Crippen MR) is 318 cm³/mol. The van der Waals surface area contributed by atoms with Gasteiger partial charge in [0.2, 0.25) is 0 Å². The van der Waals surface area contributed by atoms with Crippen LogP contribution in [0.15, 0.2) is 279 Å². The quantitative estimate of drug-likeness (QED) is 0.127. The average Bonchev–Trinajstić information content (AvgIpc) is 3.80. The smallest absolute Gasteiger partial charge is 0.148 e. The van der Waals surface area contributed by atoms with Crippen LogP contribution in [0.3, 0.4) is 0 Å². The van der Waals surface area contributed by atoms with E-state index in [-0.39, 0.29) is 11.6 Å². The lowest BCUT2D eigenvalue weighted by molar-refractivity contribution is 0.629. The summed E-state index contributed by atoms with van der Waals surface area (Å²) in [5, 5.41) is 2.30. The molecule has 12 aromatic carbocycles. The molecule has 0 bridgehead atoms. The predicted octanol–water partition coefficient (Wildman–Crippen LogP) is 20.7. The fourth-order valence-corrected chi connectivity index (χ4v) is 11.6. The van der Waals surface area contributed by atoms with Crippen LogP contribution >= 0.6 is 0 Å². The van der Waals surface area contributed by atoms with Crippen molar-refractivity contribution in [3.63, 3.8) is 0 Å². The molecular weight excluding hydrogens is 943 g/mol. The zero-order chi connectivity index (χ0) is 52.0. The van der Waals surface area contributed by atoms with E-state index in [0.717, 1.165) is 94.7 Å². The lowest BCUT2D eigenvalue weighted by Gasteiger charge is -2.30. The molecule has 0 radical (unpaired) electrons. The first kappa shape index (κ1) is 47.1. The molecular formula is C73H52F2N2. The monoisotopic (exact) mass is 994 g/mol. The van der Waals surface area contributed by atoms with Crippen LogP contribution < -0.4 is 9.80 Å². The average molecular weight is 995 g/mol. The molecule has 0 atom stereocenters. The Hall–Kier alpha value is -9.64. The molecule has 0 saturated heterocycles. The number of benzene rings is 12. The van der Waals surface area contributed by atoms with Crippen LogP contribution in [0, 0.1) is 11.6 Å². The molecule has 0 unspecified atom stereocenters. The van der Waals surface area contributed by atoms with Gasteiger partial charge in [-0.2, -0.15) is 0 Å². The fourth-order valence-electron chi connectivity index (χ4n) is 11.6. The topological polar surface area (TPSA) is 6.48 Å². The Balaban J connectivity index is 0.931. The van der Waals surface area contributed by atoms with Crippen molar-refractivity contribution in [2.24, 2.45) is 0 Å². The maximum absolute atomic E-state index is 17.5. The van der Waals surface area contributed by atoms with Crippen molar-refractivity contribution in [2.45, 2.75) is 19.3 Å². The zero-order valence-electron chi connectivity index (χ0n) is 42.7. The van der Waals surface area contributed by atoms with E-state index in [1.807, 2.05) is 163 Å². The number of fused-ring (bicyclic) bond motifs is 5. The largest absolute Gasteiger partial charge is 0.307 e. The molecule has 0 heterocycles. The molecule has 2 nitrogen and oxygen atoms in total. The summed E-state index contributed by atoms with van der Waals surface area (Å²) in [6, 6.07) is 94.3. The molecule has 0 amide bonds. The van der Waals surface area contributed by atoms with Crippen LogP contribution in [-0.2, 0) is 5.41 Å². The minimum Gasteiger partial charge on any atom is -0.307 e. The van der Waals surface area contributed by atoms with Gasteiger partial charge in [-0.15, -0.1) is 0 Å². The van der Waals surface area contributed by atoms with Crippen LogP contribution in [0.2, 0.25) is 0 Å². The molecule has 0 N–H and O–H groups in total. The molecule has 368 valence electrons. The molecule has 4 heteroatoms. The van der Waals surface area contributed by atoms with E-state index >= 15 is 8.78 Å². The lowest BCUT2D eigenvalue weighted by Crippen LogP contribution is -2.17. The second kappa shape index (κ2) is 19.6. The first-order valence-electron chi connectivity index (χ1n) is 26.2. The maximum Gasteiger partial charge on any atom is 0.148 e. The van der Waals surface area contributed by atoms with E-state index in [9.17, 15) is 0 Å². The van der Waals surface area contributed by atoms with Gasteiger partial charge in [0.1, 0.15) is 11.6 Å². The van der Waals surface area contributed by atoms with Crippen molar-refractivity contribution < 1.29 is 8.78 Å². The van der Waals surface area contributed by atoms with Crippen molar-refractivity contribution in [3.8, 4) is 66.8 Å². The van der Waals surface area contributed by atoms with Crippen LogP contribution in [-0.4, -0.2) is 0 Å². The number of hydrogen-bond donors (Lipinski definition) is 0. The first-order valence-corrected chi connectivity index (χ1v) is 26.2. The lowest BCUT2D eigenvalue weighted by atomic mass is 9.80. The standard InChI is InChI=1S/C73H52F2N2/c1-73(2)66-47-59(77(57-33-19-8-20-34-57)72-65(52-29-15-6-16-30-52)44-55(46-69(72)75)50-25-11-4-12-26-50)41-42-62(66)70-61-36-22-21-35-60(61)63(48-67(70)73)53-37-39-58(40-38-53)76(56-31-17-7-18-32-56)71-64(51-27-13-5-14-28-51)43-54(45-68(71)74)49-23-9-3-10-24-49/h3-48H,1-2H3. The van der Waals surface area contributed by atoms with E-state index in [4.69, 9.17) is 0 Å². The van der Waals surface area contributed by atoms with Crippen molar-refractivity contribution in [1.29, 1.82) is 0 Å². The summed E-state index contributed by atoms with van der Waals surface area (Å²) < 4.78 is 34.8. The number of nitrogens with zero attached hydrogens (tertiary/aromatic N) is 2. The minimum absolute atomic E-state index is 0.312. The summed E-state index contributed by atoms with van der Waals surface area (Å²) in [6.45, 7) is 4.61. The SMILES string of the molecule is CC1(C)c2cc(N(c3ccccc3)c3c(F)cc(-c4ccccc4)cc3-c3ccccc3)ccc2-c2c1cc(-c1ccc(N(c3ccccc3)c3c(F)cc(-c4ccccc4)cc3-c3ccccc3)cc1)c1ccccc21. The normalized spacial score (nSPS) is 12.3. The van der Waals surface area contributed by atoms with Crippen molar-refractivity contribution in [2.75, 3.05) is 9.80 Å². The number of rotatable bonds is 11. The van der Waals surface area contributed by atoms with Gasteiger partial charge in [0, 0.05) is 39.3 Å². The Labute approximate surface area is 449 Å². The summed E-state index contributed by atoms with van der Waals surface area (Å²) in [4.78, 5) is 4.13. The van der Waals surface area contributed by atoms with Gasteiger partial charge >= 0.3 is 0 Å². The highest BCUT2D eigenvalue weighted by Crippen LogP contribution is 2.56. The van der Waals surface area contributed by atoms with Gasteiger partial charge in [-0.05, 0) is 156 Å². The molecule has 1 aliphatic rings. The Morgan fingerprint density at radius 2 is 0.649 bits per heavy atom. The van der Waals surface area contributed by atoms with Gasteiger partial charge in [0.05, 0.1) is 11.4 Å². The molecule has 77 heavy (non-hydrogen) atoms. The van der Waals surface area contributed by atoms with Gasteiger partial charge in [-0.3, -0.25) is 0 Å². The number of para-hydroxylation sites is 2. The van der Waals surface area contributed by atoms with Crippen LogP contribution in [0.4, 0.5) is 42.9 Å². The summed E-state index contributed by atoms with van der Waals surface area (Å²) in [5.74, 6) is -0.629. The van der Waals surface area contributed by atoms with E-state index in [2.05, 4.69) is 128 Å². The van der Waals surface area contributed by atoms with Crippen LogP contribution in [0.25, 0.3) is 77.5 Å². The van der Waals surface area contributed by atoms with Gasteiger partial charge in [-0.1, -0.05) is 214 Å².